The zero-order valence-corrected chi connectivity index (χ0v) is 10.9. The molecule has 0 saturated heterocycles. The summed E-state index contributed by atoms with van der Waals surface area (Å²) >= 11 is 0. The number of hydrogen-bond acceptors (Lipinski definition) is 4. The summed E-state index contributed by atoms with van der Waals surface area (Å²) in [6.45, 7) is 5.37. The number of rotatable bonds is 3. The molecule has 0 spiro atoms. The molecule has 96 valence electrons. The van der Waals surface area contributed by atoms with E-state index in [9.17, 15) is 4.79 Å². The number of carboxylic acid groups (broad SMARTS) is 1. The first-order valence-electron chi connectivity index (χ1n) is 5.40. The zero-order valence-electron chi connectivity index (χ0n) is 10.9. The number of hydrazone groups is 1. The molecule has 6 nitrogen and oxygen atoms in total. The summed E-state index contributed by atoms with van der Waals surface area (Å²) in [7, 11) is 1.67. The van der Waals surface area contributed by atoms with Crippen molar-refractivity contribution in [3.8, 4) is 0 Å². The van der Waals surface area contributed by atoms with E-state index in [1.165, 1.54) is 6.07 Å². The van der Waals surface area contributed by atoms with Crippen LogP contribution in [-0.4, -0.2) is 34.7 Å². The molecule has 2 N–H and O–H groups in total. The molecule has 1 aromatic heterocycles. The van der Waals surface area contributed by atoms with Gasteiger partial charge in [0.25, 0.3) is 0 Å². The second-order valence-corrected chi connectivity index (χ2v) is 3.75. The minimum absolute atomic E-state index is 0.0308. The SMILES string of the molecule is CN=C(C)N/N=C(\C)c1ccc(C(=O)O)nc1C. The molecule has 1 aromatic rings. The topological polar surface area (TPSA) is 86.9 Å². The van der Waals surface area contributed by atoms with Crippen LogP contribution in [0.5, 0.6) is 0 Å². The molecule has 0 amide bonds. The van der Waals surface area contributed by atoms with E-state index < -0.39 is 5.97 Å². The van der Waals surface area contributed by atoms with Gasteiger partial charge in [0.05, 0.1) is 5.71 Å². The molecule has 0 bridgehead atoms. The van der Waals surface area contributed by atoms with E-state index >= 15 is 0 Å². The summed E-state index contributed by atoms with van der Waals surface area (Å²) in [6.07, 6.45) is 0. The minimum Gasteiger partial charge on any atom is -0.477 e. The molecule has 18 heavy (non-hydrogen) atoms. The Hall–Kier alpha value is -2.24. The van der Waals surface area contributed by atoms with E-state index in [1.54, 1.807) is 27.0 Å². The smallest absolute Gasteiger partial charge is 0.354 e. The Kier molecular flexibility index (Phi) is 4.53. The monoisotopic (exact) mass is 248 g/mol. The van der Waals surface area contributed by atoms with Crippen LogP contribution in [0.3, 0.4) is 0 Å². The average Bonchev–Trinajstić information content (AvgIpc) is 2.35. The average molecular weight is 248 g/mol. The minimum atomic E-state index is -1.04. The lowest BCUT2D eigenvalue weighted by Crippen LogP contribution is -2.16. The van der Waals surface area contributed by atoms with Crippen molar-refractivity contribution in [1.82, 2.24) is 10.4 Å². The van der Waals surface area contributed by atoms with Gasteiger partial charge in [-0.05, 0) is 32.9 Å². The lowest BCUT2D eigenvalue weighted by atomic mass is 10.1. The molecule has 6 heteroatoms. The van der Waals surface area contributed by atoms with Crippen LogP contribution >= 0.6 is 0 Å². The number of carbonyl (C=O) groups is 1. The fourth-order valence-electron chi connectivity index (χ4n) is 1.34. The van der Waals surface area contributed by atoms with Gasteiger partial charge in [-0.1, -0.05) is 0 Å². The number of nitrogens with one attached hydrogen (secondary N) is 1. The first-order chi connectivity index (χ1) is 8.45. The van der Waals surface area contributed by atoms with Crippen LogP contribution in [0.15, 0.2) is 22.2 Å². The maximum absolute atomic E-state index is 10.8. The van der Waals surface area contributed by atoms with Crippen molar-refractivity contribution >= 4 is 17.5 Å². The quantitative estimate of drug-likeness (QED) is 0.481. The zero-order chi connectivity index (χ0) is 13.7. The van der Waals surface area contributed by atoms with E-state index in [4.69, 9.17) is 5.11 Å². The van der Waals surface area contributed by atoms with Crippen LogP contribution < -0.4 is 5.43 Å². The number of aromatic nitrogens is 1. The van der Waals surface area contributed by atoms with Crippen molar-refractivity contribution in [2.45, 2.75) is 20.8 Å². The van der Waals surface area contributed by atoms with E-state index in [1.807, 2.05) is 6.92 Å². The van der Waals surface area contributed by atoms with Gasteiger partial charge < -0.3 is 5.11 Å². The predicted octanol–water partition coefficient (Wildman–Crippen LogP) is 1.45. The van der Waals surface area contributed by atoms with Crippen LogP contribution in [0, 0.1) is 6.92 Å². The molecule has 0 atom stereocenters. The number of carboxylic acids is 1. The Morgan fingerprint density at radius 1 is 1.39 bits per heavy atom. The van der Waals surface area contributed by atoms with Gasteiger partial charge in [0, 0.05) is 18.3 Å². The number of aromatic carboxylic acids is 1. The van der Waals surface area contributed by atoms with Crippen LogP contribution in [0.4, 0.5) is 0 Å². The van der Waals surface area contributed by atoms with Gasteiger partial charge in [-0.15, -0.1) is 0 Å². The molecule has 0 radical (unpaired) electrons. The summed E-state index contributed by atoms with van der Waals surface area (Å²) in [6, 6.07) is 3.16. The fourth-order valence-corrected chi connectivity index (χ4v) is 1.34. The van der Waals surface area contributed by atoms with Crippen molar-refractivity contribution in [1.29, 1.82) is 0 Å². The van der Waals surface area contributed by atoms with Crippen molar-refractivity contribution in [3.05, 3.63) is 29.1 Å². The van der Waals surface area contributed by atoms with Gasteiger partial charge in [-0.3, -0.25) is 10.4 Å². The maximum Gasteiger partial charge on any atom is 0.354 e. The summed E-state index contributed by atoms with van der Waals surface area (Å²) in [5.74, 6) is -0.339. The highest BCUT2D eigenvalue weighted by Gasteiger charge is 2.09. The van der Waals surface area contributed by atoms with E-state index in [0.29, 0.717) is 11.5 Å². The normalized spacial score (nSPS) is 12.4. The van der Waals surface area contributed by atoms with Crippen molar-refractivity contribution in [3.63, 3.8) is 0 Å². The van der Waals surface area contributed by atoms with E-state index in [2.05, 4.69) is 20.5 Å². The Morgan fingerprint density at radius 3 is 2.56 bits per heavy atom. The molecule has 0 saturated carbocycles. The Balaban J connectivity index is 3.00. The van der Waals surface area contributed by atoms with Crippen molar-refractivity contribution in [2.75, 3.05) is 7.05 Å². The maximum atomic E-state index is 10.8. The Bertz CT molecular complexity index is 521. The number of aliphatic imine (C=N–C) groups is 1. The summed E-state index contributed by atoms with van der Waals surface area (Å²) in [5, 5.41) is 13.0. The lowest BCUT2D eigenvalue weighted by Gasteiger charge is -2.06. The molecular weight excluding hydrogens is 232 g/mol. The second-order valence-electron chi connectivity index (χ2n) is 3.75. The summed E-state index contributed by atoms with van der Waals surface area (Å²) < 4.78 is 0. The standard InChI is InChI=1S/C12H16N4O2/c1-7-10(5-6-11(14-7)12(17)18)8(2)15-16-9(3)13-4/h5-6H,1-4H3,(H,13,16)(H,17,18)/b15-8+. The summed E-state index contributed by atoms with van der Waals surface area (Å²) in [5.41, 5.74) is 4.97. The van der Waals surface area contributed by atoms with Crippen LogP contribution in [-0.2, 0) is 0 Å². The number of hydrogen-bond donors (Lipinski definition) is 2. The highest BCUT2D eigenvalue weighted by atomic mass is 16.4. The van der Waals surface area contributed by atoms with Gasteiger partial charge >= 0.3 is 5.97 Å². The van der Waals surface area contributed by atoms with Gasteiger partial charge in [-0.2, -0.15) is 5.10 Å². The van der Waals surface area contributed by atoms with Crippen LogP contribution in [0.1, 0.15) is 35.6 Å². The molecule has 0 aliphatic rings. The van der Waals surface area contributed by atoms with E-state index in [-0.39, 0.29) is 5.69 Å². The molecule has 0 aliphatic carbocycles. The molecule has 1 rings (SSSR count). The van der Waals surface area contributed by atoms with Crippen LogP contribution in [0.25, 0.3) is 0 Å². The predicted molar refractivity (Wildman–Crippen MR) is 70.3 cm³/mol. The van der Waals surface area contributed by atoms with Crippen molar-refractivity contribution in [2.24, 2.45) is 10.1 Å². The third kappa shape index (κ3) is 3.38. The van der Waals surface area contributed by atoms with Gasteiger partial charge in [-0.25, -0.2) is 9.78 Å². The van der Waals surface area contributed by atoms with E-state index in [0.717, 1.165) is 11.3 Å². The second kappa shape index (κ2) is 5.90. The first-order valence-corrected chi connectivity index (χ1v) is 5.40. The summed E-state index contributed by atoms with van der Waals surface area (Å²) in [4.78, 5) is 18.7. The van der Waals surface area contributed by atoms with Crippen molar-refractivity contribution < 1.29 is 9.90 Å². The third-order valence-electron chi connectivity index (χ3n) is 2.42. The fraction of sp³-hybridized carbons (Fsp3) is 0.333. The largest absolute Gasteiger partial charge is 0.477 e. The van der Waals surface area contributed by atoms with Crippen LogP contribution in [0.2, 0.25) is 0 Å². The number of nitrogens with zero attached hydrogens (tertiary/aromatic N) is 3. The molecular formula is C12H16N4O2. The molecule has 1 heterocycles. The highest BCUT2D eigenvalue weighted by Crippen LogP contribution is 2.08. The van der Waals surface area contributed by atoms with Gasteiger partial charge in [0.2, 0.25) is 0 Å². The highest BCUT2D eigenvalue weighted by molar-refractivity contribution is 6.00. The number of amidine groups is 1. The lowest BCUT2D eigenvalue weighted by molar-refractivity contribution is 0.0690. The number of pyridine rings is 1. The Labute approximate surface area is 105 Å². The third-order valence-corrected chi connectivity index (χ3v) is 2.42. The van der Waals surface area contributed by atoms with Gasteiger partial charge in [0.15, 0.2) is 0 Å². The van der Waals surface area contributed by atoms with Gasteiger partial charge in [0.1, 0.15) is 11.5 Å². The Morgan fingerprint density at radius 2 is 2.06 bits per heavy atom. The molecule has 0 unspecified atom stereocenters. The molecule has 0 aromatic carbocycles. The number of aryl methyl sites for hydroxylation is 1. The first kappa shape index (κ1) is 13.8. The molecule has 0 fully saturated rings. The molecule has 0 aliphatic heterocycles.